The molecular formula is C26H21Cl2F6N3O5. The van der Waals surface area contributed by atoms with E-state index in [1.807, 2.05) is 42.5 Å². The molecule has 0 aliphatic heterocycles. The van der Waals surface area contributed by atoms with Gasteiger partial charge in [0.05, 0.1) is 17.4 Å². The topological polar surface area (TPSA) is 125 Å². The van der Waals surface area contributed by atoms with Gasteiger partial charge in [-0.15, -0.1) is 0 Å². The third-order valence-electron chi connectivity index (χ3n) is 4.95. The van der Waals surface area contributed by atoms with Crippen LogP contribution in [0.25, 0.3) is 11.0 Å². The van der Waals surface area contributed by atoms with Gasteiger partial charge in [0.25, 0.3) is 0 Å². The van der Waals surface area contributed by atoms with E-state index in [2.05, 4.69) is 27.4 Å². The van der Waals surface area contributed by atoms with E-state index in [0.717, 1.165) is 47.6 Å². The second-order valence-corrected chi connectivity index (χ2v) is 8.94. The Balaban J connectivity index is 0.000000367. The summed E-state index contributed by atoms with van der Waals surface area (Å²) < 4.78 is 69.4. The number of aliphatic carboxylic acids is 2. The summed E-state index contributed by atoms with van der Waals surface area (Å²) in [6, 6.07) is 19.5. The van der Waals surface area contributed by atoms with Gasteiger partial charge in [0.1, 0.15) is 11.5 Å². The van der Waals surface area contributed by atoms with E-state index in [1.54, 1.807) is 12.4 Å². The number of H-pyrrole nitrogens is 1. The summed E-state index contributed by atoms with van der Waals surface area (Å²) in [5, 5.41) is 19.1. The van der Waals surface area contributed by atoms with Gasteiger partial charge < -0.3 is 25.3 Å². The van der Waals surface area contributed by atoms with Gasteiger partial charge in [-0.05, 0) is 60.5 Å². The molecule has 0 saturated heterocycles. The number of hydrogen-bond acceptors (Lipinski definition) is 5. The average Bonchev–Trinajstić information content (AvgIpc) is 3.36. The Morgan fingerprint density at radius 2 is 1.43 bits per heavy atom. The number of carbonyl (C=O) groups is 2. The van der Waals surface area contributed by atoms with E-state index in [1.165, 1.54) is 5.56 Å². The van der Waals surface area contributed by atoms with E-state index in [0.29, 0.717) is 10.0 Å². The summed E-state index contributed by atoms with van der Waals surface area (Å²) in [5.41, 5.74) is 4.17. The smallest absolute Gasteiger partial charge is 0.475 e. The molecule has 1 heterocycles. The lowest BCUT2D eigenvalue weighted by Gasteiger charge is -2.09. The number of alkyl halides is 6. The maximum atomic E-state index is 10.6. The lowest BCUT2D eigenvalue weighted by molar-refractivity contribution is -0.193. The molecule has 4 rings (SSSR count). The molecule has 0 amide bonds. The van der Waals surface area contributed by atoms with Crippen LogP contribution >= 0.6 is 23.2 Å². The first-order chi connectivity index (χ1) is 19.6. The Bertz CT molecular complexity index is 1450. The van der Waals surface area contributed by atoms with Crippen LogP contribution < -0.4 is 10.1 Å². The van der Waals surface area contributed by atoms with Crippen LogP contribution in [-0.2, 0) is 22.6 Å². The largest absolute Gasteiger partial charge is 0.490 e. The molecule has 8 nitrogen and oxygen atoms in total. The van der Waals surface area contributed by atoms with Crippen LogP contribution in [0.2, 0.25) is 10.0 Å². The van der Waals surface area contributed by atoms with Crippen LogP contribution in [0.1, 0.15) is 11.1 Å². The van der Waals surface area contributed by atoms with Gasteiger partial charge in [0, 0.05) is 22.7 Å². The summed E-state index contributed by atoms with van der Waals surface area (Å²) in [5.74, 6) is -3.93. The highest BCUT2D eigenvalue weighted by Crippen LogP contribution is 2.25. The van der Waals surface area contributed by atoms with E-state index in [-0.39, 0.29) is 0 Å². The molecule has 1 aromatic heterocycles. The van der Waals surface area contributed by atoms with Gasteiger partial charge in [-0.1, -0.05) is 41.4 Å². The summed E-state index contributed by atoms with van der Waals surface area (Å²) in [4.78, 5) is 25.1. The SMILES string of the molecule is Clc1ccc(CCNCc2ccc(Oc3ccc4nc[nH]c4c3)cc2)c(Cl)c1.O=C(O)C(F)(F)F.O=C(O)C(F)(F)F. The first-order valence-electron chi connectivity index (χ1n) is 11.5. The molecule has 16 heteroatoms. The molecule has 4 N–H and O–H groups in total. The number of fused-ring (bicyclic) bond motifs is 1. The molecule has 0 aliphatic carbocycles. The van der Waals surface area contributed by atoms with Gasteiger partial charge in [0.2, 0.25) is 0 Å². The van der Waals surface area contributed by atoms with Crippen LogP contribution in [0.5, 0.6) is 11.5 Å². The highest BCUT2D eigenvalue weighted by molar-refractivity contribution is 6.35. The number of aromatic nitrogens is 2. The van der Waals surface area contributed by atoms with Crippen LogP contribution in [0.3, 0.4) is 0 Å². The highest BCUT2D eigenvalue weighted by atomic mass is 35.5. The van der Waals surface area contributed by atoms with Crippen LogP contribution in [0, 0.1) is 0 Å². The molecule has 226 valence electrons. The fraction of sp³-hybridized carbons (Fsp3) is 0.192. The minimum absolute atomic E-state index is 0.661. The quantitative estimate of drug-likeness (QED) is 0.124. The maximum absolute atomic E-state index is 10.6. The van der Waals surface area contributed by atoms with Crippen molar-refractivity contribution in [2.45, 2.75) is 25.3 Å². The van der Waals surface area contributed by atoms with Gasteiger partial charge in [-0.3, -0.25) is 0 Å². The summed E-state index contributed by atoms with van der Waals surface area (Å²) in [6.45, 7) is 1.62. The number of imidazole rings is 1. The third-order valence-corrected chi connectivity index (χ3v) is 5.54. The van der Waals surface area contributed by atoms with Crippen molar-refractivity contribution in [3.05, 3.63) is 88.2 Å². The Labute approximate surface area is 243 Å². The van der Waals surface area contributed by atoms with Crippen molar-refractivity contribution < 1.29 is 50.9 Å². The Morgan fingerprint density at radius 3 is 1.98 bits per heavy atom. The molecule has 0 radical (unpaired) electrons. The second-order valence-electron chi connectivity index (χ2n) is 8.10. The average molecular weight is 640 g/mol. The summed E-state index contributed by atoms with van der Waals surface area (Å²) in [7, 11) is 0. The Morgan fingerprint density at radius 1 is 0.857 bits per heavy atom. The zero-order valence-corrected chi connectivity index (χ0v) is 22.6. The standard InChI is InChI=1S/C22H19Cl2N3O.2C2HF3O2/c23-17-4-3-16(20(24)11-17)9-10-25-13-15-1-5-18(6-2-15)28-19-7-8-21-22(12-19)27-14-26-21;2*3-2(4,5)1(6)7/h1-8,11-12,14,25H,9-10,13H2,(H,26,27);2*(H,6,7). The predicted octanol–water partition coefficient (Wildman–Crippen LogP) is 7.26. The van der Waals surface area contributed by atoms with Gasteiger partial charge >= 0.3 is 24.3 Å². The van der Waals surface area contributed by atoms with Crippen molar-refractivity contribution in [2.24, 2.45) is 0 Å². The molecule has 0 bridgehead atoms. The van der Waals surface area contributed by atoms with Crippen molar-refractivity contribution in [2.75, 3.05) is 6.54 Å². The molecule has 4 aromatic rings. The molecule has 0 atom stereocenters. The molecular weight excluding hydrogens is 619 g/mol. The first kappa shape index (κ1) is 34.2. The number of ether oxygens (including phenoxy) is 1. The van der Waals surface area contributed by atoms with Gasteiger partial charge in [-0.2, -0.15) is 26.3 Å². The Hall–Kier alpha value is -4.01. The second kappa shape index (κ2) is 15.3. The number of hydrogen-bond donors (Lipinski definition) is 4. The van der Waals surface area contributed by atoms with Crippen molar-refractivity contribution in [3.63, 3.8) is 0 Å². The zero-order valence-electron chi connectivity index (χ0n) is 21.1. The first-order valence-corrected chi connectivity index (χ1v) is 12.3. The van der Waals surface area contributed by atoms with E-state index < -0.39 is 24.3 Å². The predicted molar refractivity (Wildman–Crippen MR) is 142 cm³/mol. The molecule has 0 saturated carbocycles. The number of aromatic amines is 1. The molecule has 3 aromatic carbocycles. The normalized spacial score (nSPS) is 11.1. The minimum Gasteiger partial charge on any atom is -0.475 e. The lowest BCUT2D eigenvalue weighted by Crippen LogP contribution is -2.21. The van der Waals surface area contributed by atoms with Crippen molar-refractivity contribution >= 4 is 46.2 Å². The summed E-state index contributed by atoms with van der Waals surface area (Å²) >= 11 is 12.1. The minimum atomic E-state index is -5.08. The van der Waals surface area contributed by atoms with E-state index in [9.17, 15) is 26.3 Å². The molecule has 0 aliphatic rings. The summed E-state index contributed by atoms with van der Waals surface area (Å²) in [6.07, 6.45) is -7.63. The number of carboxylic acid groups (broad SMARTS) is 2. The third kappa shape index (κ3) is 11.8. The van der Waals surface area contributed by atoms with Crippen molar-refractivity contribution in [3.8, 4) is 11.5 Å². The molecule has 42 heavy (non-hydrogen) atoms. The van der Waals surface area contributed by atoms with Gasteiger partial charge in [-0.25, -0.2) is 14.6 Å². The Kier molecular flexibility index (Phi) is 12.4. The maximum Gasteiger partial charge on any atom is 0.490 e. The van der Waals surface area contributed by atoms with Crippen molar-refractivity contribution in [1.82, 2.24) is 15.3 Å². The number of benzene rings is 3. The van der Waals surface area contributed by atoms with Crippen LogP contribution in [-0.4, -0.2) is 51.0 Å². The zero-order chi connectivity index (χ0) is 31.5. The number of rotatable bonds is 7. The molecule has 0 unspecified atom stereocenters. The van der Waals surface area contributed by atoms with Crippen LogP contribution in [0.4, 0.5) is 26.3 Å². The van der Waals surface area contributed by atoms with E-state index in [4.69, 9.17) is 47.7 Å². The fourth-order valence-corrected chi connectivity index (χ4v) is 3.47. The number of carboxylic acids is 2. The number of nitrogens with one attached hydrogen (secondary N) is 2. The van der Waals surface area contributed by atoms with Crippen molar-refractivity contribution in [1.29, 1.82) is 0 Å². The highest BCUT2D eigenvalue weighted by Gasteiger charge is 2.38. The lowest BCUT2D eigenvalue weighted by atomic mass is 10.1. The molecule has 0 fully saturated rings. The number of halogens is 8. The molecule has 0 spiro atoms. The monoisotopic (exact) mass is 639 g/mol. The number of nitrogens with zero attached hydrogens (tertiary/aromatic N) is 1. The van der Waals surface area contributed by atoms with E-state index >= 15 is 0 Å². The van der Waals surface area contributed by atoms with Gasteiger partial charge in [0.15, 0.2) is 0 Å². The van der Waals surface area contributed by atoms with Crippen LogP contribution in [0.15, 0.2) is 67.0 Å². The fourth-order valence-electron chi connectivity index (χ4n) is 2.97.